The van der Waals surface area contributed by atoms with Crippen LogP contribution in [0.2, 0.25) is 0 Å². The molecular weight excluding hydrogens is 421 g/mol. The zero-order chi connectivity index (χ0) is 19.5. The molecule has 8 heteroatoms. The van der Waals surface area contributed by atoms with E-state index in [0.717, 1.165) is 43.6 Å². The topological polar surface area (TPSA) is 64.3 Å². The number of nitrogens with zero attached hydrogens (tertiary/aromatic N) is 3. The Morgan fingerprint density at radius 1 is 1.13 bits per heavy atom. The van der Waals surface area contributed by atoms with Gasteiger partial charge in [0.1, 0.15) is 0 Å². The summed E-state index contributed by atoms with van der Waals surface area (Å²) in [5.74, 6) is -0.117. The lowest BCUT2D eigenvalue weighted by molar-refractivity contribution is 0.0920. The highest BCUT2D eigenvalue weighted by Crippen LogP contribution is 2.16. The molecule has 6 nitrogen and oxygen atoms in total. The number of benzene rings is 2. The molecule has 0 saturated carbocycles. The van der Waals surface area contributed by atoms with Crippen LogP contribution in [0.3, 0.4) is 0 Å². The lowest BCUT2D eigenvalue weighted by atomic mass is 10.1. The summed E-state index contributed by atoms with van der Waals surface area (Å²) in [4.78, 5) is 17.6. The number of halogens is 2. The number of nitrogens with one attached hydrogen (secondary N) is 2. The van der Waals surface area contributed by atoms with Gasteiger partial charge in [0.15, 0.2) is 5.69 Å². The molecule has 1 aliphatic heterocycles. The summed E-state index contributed by atoms with van der Waals surface area (Å²) < 4.78 is 0. The van der Waals surface area contributed by atoms with E-state index in [4.69, 9.17) is 0 Å². The van der Waals surface area contributed by atoms with Gasteiger partial charge >= 0.3 is 0 Å². The predicted molar refractivity (Wildman–Crippen MR) is 126 cm³/mol. The molecule has 4 rings (SSSR count). The quantitative estimate of drug-likeness (QED) is 0.641. The molecule has 0 aliphatic carbocycles. The van der Waals surface area contributed by atoms with Crippen molar-refractivity contribution in [2.45, 2.75) is 19.5 Å². The SMILES string of the molecule is Cc1cccc(CN2CCN(C)CC(NC(=O)c3n[nH]c4ccccc34)C2)c1.Cl.Cl. The number of fused-ring (bicyclic) bond motifs is 1. The highest BCUT2D eigenvalue weighted by Gasteiger charge is 2.24. The van der Waals surface area contributed by atoms with Gasteiger partial charge in [0.05, 0.1) is 11.6 Å². The van der Waals surface area contributed by atoms with Gasteiger partial charge in [-0.1, -0.05) is 48.0 Å². The number of amides is 1. The van der Waals surface area contributed by atoms with Gasteiger partial charge in [-0.15, -0.1) is 24.8 Å². The monoisotopic (exact) mass is 449 g/mol. The minimum Gasteiger partial charge on any atom is -0.345 e. The standard InChI is InChI=1S/C22H27N5O.2ClH/c1-16-6-5-7-17(12-16)13-27-11-10-26(2)14-18(15-27)23-22(28)21-19-8-3-4-9-20(19)24-25-21;;/h3-9,12,18H,10-11,13-15H2,1-2H3,(H,23,28)(H,24,25);2*1H. The van der Waals surface area contributed by atoms with Crippen LogP contribution in [0.15, 0.2) is 48.5 Å². The molecule has 162 valence electrons. The molecule has 0 bridgehead atoms. The van der Waals surface area contributed by atoms with Gasteiger partial charge in [0.25, 0.3) is 5.91 Å². The second-order valence-corrected chi connectivity index (χ2v) is 7.77. The molecule has 2 aromatic carbocycles. The second kappa shape index (κ2) is 10.8. The molecule has 1 amide bonds. The molecular formula is C22H29Cl2N5O. The number of carbonyl (C=O) groups excluding carboxylic acids is 1. The van der Waals surface area contributed by atoms with Crippen LogP contribution in [0.5, 0.6) is 0 Å². The fraction of sp³-hybridized carbons (Fsp3) is 0.364. The average molecular weight is 450 g/mol. The van der Waals surface area contributed by atoms with Gasteiger partial charge in [0, 0.05) is 38.1 Å². The van der Waals surface area contributed by atoms with Crippen molar-refractivity contribution in [3.05, 3.63) is 65.4 Å². The first-order valence-corrected chi connectivity index (χ1v) is 9.79. The van der Waals surface area contributed by atoms with E-state index in [1.54, 1.807) is 0 Å². The van der Waals surface area contributed by atoms with Crippen LogP contribution < -0.4 is 5.32 Å². The lowest BCUT2D eigenvalue weighted by Crippen LogP contribution is -2.46. The van der Waals surface area contributed by atoms with Crippen molar-refractivity contribution in [3.63, 3.8) is 0 Å². The Hall–Kier alpha value is -2.12. The van der Waals surface area contributed by atoms with Gasteiger partial charge < -0.3 is 10.2 Å². The Balaban J connectivity index is 0.00000160. The van der Waals surface area contributed by atoms with Crippen LogP contribution in [0, 0.1) is 6.92 Å². The summed E-state index contributed by atoms with van der Waals surface area (Å²) in [5.41, 5.74) is 3.94. The lowest BCUT2D eigenvalue weighted by Gasteiger charge is -2.24. The zero-order valence-electron chi connectivity index (χ0n) is 17.3. The first kappa shape index (κ1) is 24.2. The molecule has 1 fully saturated rings. The molecule has 3 aromatic rings. The second-order valence-electron chi connectivity index (χ2n) is 7.77. The van der Waals surface area contributed by atoms with E-state index in [1.165, 1.54) is 11.1 Å². The molecule has 1 unspecified atom stereocenters. The van der Waals surface area contributed by atoms with Crippen molar-refractivity contribution >= 4 is 41.6 Å². The predicted octanol–water partition coefficient (Wildman–Crippen LogP) is 3.26. The summed E-state index contributed by atoms with van der Waals surface area (Å²) >= 11 is 0. The Kier molecular flexibility index (Phi) is 8.67. The number of aryl methyl sites for hydroxylation is 1. The molecule has 1 atom stereocenters. The van der Waals surface area contributed by atoms with E-state index < -0.39 is 0 Å². The van der Waals surface area contributed by atoms with Crippen LogP contribution in [0.4, 0.5) is 0 Å². The number of carbonyl (C=O) groups is 1. The van der Waals surface area contributed by atoms with Crippen molar-refractivity contribution in [1.82, 2.24) is 25.3 Å². The fourth-order valence-corrected chi connectivity index (χ4v) is 3.93. The Morgan fingerprint density at radius 2 is 1.93 bits per heavy atom. The van der Waals surface area contributed by atoms with Crippen LogP contribution in [-0.4, -0.2) is 65.2 Å². The van der Waals surface area contributed by atoms with Crippen molar-refractivity contribution in [2.75, 3.05) is 33.2 Å². The van der Waals surface area contributed by atoms with Crippen LogP contribution in [0.25, 0.3) is 10.9 Å². The minimum absolute atomic E-state index is 0. The third-order valence-electron chi connectivity index (χ3n) is 5.32. The fourth-order valence-electron chi connectivity index (χ4n) is 3.93. The van der Waals surface area contributed by atoms with Crippen LogP contribution in [0.1, 0.15) is 21.6 Å². The van der Waals surface area contributed by atoms with E-state index >= 15 is 0 Å². The Bertz CT molecular complexity index is 977. The molecule has 1 aliphatic rings. The molecule has 30 heavy (non-hydrogen) atoms. The van der Waals surface area contributed by atoms with E-state index in [-0.39, 0.29) is 36.8 Å². The van der Waals surface area contributed by atoms with Gasteiger partial charge in [0.2, 0.25) is 0 Å². The third-order valence-corrected chi connectivity index (χ3v) is 5.32. The molecule has 1 aromatic heterocycles. The molecule has 1 saturated heterocycles. The number of likely N-dealkylation sites (N-methyl/N-ethyl adjacent to an activating group) is 1. The van der Waals surface area contributed by atoms with Gasteiger partial charge in [-0.25, -0.2) is 0 Å². The van der Waals surface area contributed by atoms with Crippen molar-refractivity contribution in [1.29, 1.82) is 0 Å². The smallest absolute Gasteiger partial charge is 0.272 e. The first-order valence-electron chi connectivity index (χ1n) is 9.79. The largest absolute Gasteiger partial charge is 0.345 e. The maximum Gasteiger partial charge on any atom is 0.272 e. The molecule has 0 spiro atoms. The normalized spacial score (nSPS) is 17.6. The number of H-pyrrole nitrogens is 1. The number of hydrogen-bond donors (Lipinski definition) is 2. The van der Waals surface area contributed by atoms with Crippen LogP contribution in [-0.2, 0) is 6.54 Å². The number of aromatic nitrogens is 2. The summed E-state index contributed by atoms with van der Waals surface area (Å²) in [6.45, 7) is 6.65. The maximum atomic E-state index is 12.9. The third kappa shape index (κ3) is 5.73. The van der Waals surface area contributed by atoms with E-state index in [9.17, 15) is 4.79 Å². The number of rotatable bonds is 4. The maximum absolute atomic E-state index is 12.9. The minimum atomic E-state index is -0.117. The summed E-state index contributed by atoms with van der Waals surface area (Å²) in [6, 6.07) is 16.4. The van der Waals surface area contributed by atoms with Gasteiger partial charge in [-0.3, -0.25) is 14.8 Å². The first-order chi connectivity index (χ1) is 13.6. The van der Waals surface area contributed by atoms with Crippen molar-refractivity contribution in [2.24, 2.45) is 0 Å². The summed E-state index contributed by atoms with van der Waals surface area (Å²) in [6.07, 6.45) is 0. The van der Waals surface area contributed by atoms with E-state index in [0.29, 0.717) is 5.69 Å². The highest BCUT2D eigenvalue weighted by atomic mass is 35.5. The summed E-state index contributed by atoms with van der Waals surface area (Å²) in [7, 11) is 2.11. The Labute approximate surface area is 189 Å². The van der Waals surface area contributed by atoms with Crippen molar-refractivity contribution < 1.29 is 4.79 Å². The van der Waals surface area contributed by atoms with Crippen molar-refractivity contribution in [3.8, 4) is 0 Å². The van der Waals surface area contributed by atoms with E-state index in [2.05, 4.69) is 63.6 Å². The van der Waals surface area contributed by atoms with Crippen LogP contribution >= 0.6 is 24.8 Å². The Morgan fingerprint density at radius 3 is 2.73 bits per heavy atom. The number of hydrogen-bond acceptors (Lipinski definition) is 4. The van der Waals surface area contributed by atoms with Gasteiger partial charge in [-0.2, -0.15) is 5.10 Å². The molecule has 2 heterocycles. The average Bonchev–Trinajstić information content (AvgIpc) is 3.02. The number of aromatic amines is 1. The van der Waals surface area contributed by atoms with Gasteiger partial charge in [-0.05, 0) is 25.6 Å². The molecule has 0 radical (unpaired) electrons. The van der Waals surface area contributed by atoms with E-state index in [1.807, 2.05) is 24.3 Å². The molecule has 2 N–H and O–H groups in total. The zero-order valence-corrected chi connectivity index (χ0v) is 18.9. The summed E-state index contributed by atoms with van der Waals surface area (Å²) in [5, 5.41) is 11.2. The highest BCUT2D eigenvalue weighted by molar-refractivity contribution is 6.04. The number of para-hydroxylation sites is 1.